The van der Waals surface area contributed by atoms with Gasteiger partial charge in [0.05, 0.1) is 27.3 Å². The van der Waals surface area contributed by atoms with Gasteiger partial charge in [-0.05, 0) is 84.0 Å². The number of anilines is 1. The second kappa shape index (κ2) is 32.4. The molecule has 0 radical (unpaired) electrons. The van der Waals surface area contributed by atoms with Crippen LogP contribution in [0.3, 0.4) is 0 Å². The summed E-state index contributed by atoms with van der Waals surface area (Å²) < 4.78 is 1.14. The number of nitrogens with zero attached hydrogens (tertiary/aromatic N) is 3. The first-order valence-corrected chi connectivity index (χ1v) is 31.9. The quantitative estimate of drug-likeness (QED) is 0.110. The largest absolute Gasteiger partial charge is 0.359 e. The minimum absolute atomic E-state index is 0.695. The van der Waals surface area contributed by atoms with Crippen LogP contribution in [0.4, 0.5) is 5.69 Å². The van der Waals surface area contributed by atoms with E-state index in [1.165, 1.54) is 0 Å². The molecule has 0 fully saturated rings. The molecule has 0 aliphatic carbocycles. The molecule has 0 unspecified atom stereocenters. The highest BCUT2D eigenvalue weighted by Gasteiger charge is 2.19. The van der Waals surface area contributed by atoms with Crippen molar-refractivity contribution in [1.29, 1.82) is 0 Å². The van der Waals surface area contributed by atoms with E-state index in [4.69, 9.17) is 15.0 Å². The van der Waals surface area contributed by atoms with Crippen LogP contribution < -0.4 is 5.32 Å². The molecule has 0 aliphatic heterocycles. The molecule has 13 aromatic rings. The van der Waals surface area contributed by atoms with E-state index in [0.29, 0.717) is 6.42 Å². The highest BCUT2D eigenvalue weighted by molar-refractivity contribution is 7.22. The summed E-state index contributed by atoms with van der Waals surface area (Å²) in [4.78, 5) is 15.8. The van der Waals surface area contributed by atoms with Crippen molar-refractivity contribution >= 4 is 27.2 Å². The van der Waals surface area contributed by atoms with Gasteiger partial charge in [-0.3, -0.25) is 4.98 Å². The molecule has 0 saturated carbocycles. The first-order valence-electron chi connectivity index (χ1n) is 31.1. The zero-order valence-corrected chi connectivity index (χ0v) is 53.6. The molecule has 0 saturated heterocycles. The number of rotatable bonds is 14. The summed E-state index contributed by atoms with van der Waals surface area (Å²) in [5, 5.41) is 4.46. The minimum atomic E-state index is 0.695. The van der Waals surface area contributed by atoms with E-state index in [9.17, 15) is 0 Å². The van der Waals surface area contributed by atoms with Gasteiger partial charge in [0.1, 0.15) is 5.01 Å². The van der Waals surface area contributed by atoms with Gasteiger partial charge in [0.25, 0.3) is 0 Å². The Kier molecular flexibility index (Phi) is 23.0. The Morgan fingerprint density at radius 2 is 0.800 bits per heavy atom. The summed E-state index contributed by atoms with van der Waals surface area (Å²) in [6.07, 6.45) is 6.56. The third-order valence-corrected chi connectivity index (χ3v) is 16.1. The Morgan fingerprint density at radius 1 is 0.378 bits per heavy atom. The van der Waals surface area contributed by atoms with Gasteiger partial charge in [-0.25, -0.2) is 9.97 Å². The average Bonchev–Trinajstić information content (AvgIpc) is 1.72. The number of aryl methyl sites for hydroxylation is 1. The molecule has 0 bridgehead atoms. The molecule has 1 N–H and O–H groups in total. The number of aromatic nitrogens is 3. The number of para-hydroxylation sites is 1. The first-order chi connectivity index (χ1) is 44.3. The molecule has 3 aromatic heterocycles. The van der Waals surface area contributed by atoms with Crippen LogP contribution in [0, 0.1) is 6.92 Å². The lowest BCUT2D eigenvalue weighted by molar-refractivity contribution is 1.21. The Hall–Kier alpha value is -10.6. The first kappa shape index (κ1) is 63.9. The van der Waals surface area contributed by atoms with Crippen molar-refractivity contribution in [3.05, 3.63) is 328 Å². The molecular weight excluding hydrogens is 1110 g/mol. The number of hydrogen-bond acceptors (Lipinski definition) is 5. The highest BCUT2D eigenvalue weighted by atomic mass is 32.1. The molecule has 5 heteroatoms. The fourth-order valence-corrected chi connectivity index (χ4v) is 11.6. The lowest BCUT2D eigenvalue weighted by Gasteiger charge is -2.14. The van der Waals surface area contributed by atoms with E-state index < -0.39 is 0 Å². The normalized spacial score (nSPS) is 10.5. The molecule has 10 aromatic carbocycles. The summed E-state index contributed by atoms with van der Waals surface area (Å²) in [6, 6.07) is 100. The van der Waals surface area contributed by atoms with Gasteiger partial charge in [0.2, 0.25) is 0 Å². The maximum Gasteiger partial charge on any atom is 0.124 e. The Balaban J connectivity index is 0.000000622. The van der Waals surface area contributed by atoms with Gasteiger partial charge >= 0.3 is 0 Å². The summed E-state index contributed by atoms with van der Waals surface area (Å²) >= 11 is 1.74. The van der Waals surface area contributed by atoms with Crippen molar-refractivity contribution in [2.45, 2.75) is 54.9 Å². The van der Waals surface area contributed by atoms with E-state index in [-0.39, 0.29) is 0 Å². The number of allylic oxidation sites excluding steroid dienone is 3. The zero-order chi connectivity index (χ0) is 63.0. The number of nitrogens with one attached hydrogen (secondary N) is 1. The molecule has 444 valence electrons. The molecule has 0 amide bonds. The van der Waals surface area contributed by atoms with Crippen LogP contribution in [-0.4, -0.2) is 15.0 Å². The van der Waals surface area contributed by atoms with Gasteiger partial charge in [-0.1, -0.05) is 313 Å². The standard InChI is InChI=1S/C71H52N4S.C6H6.C4H8.2C2H6/c1-4-17-47(2)72-66-27-15-14-26-60(66)59-25-16-24-58(46-59)49-29-39-57(40-30-49)71-75-69-63(52-33-31-50(32-34-52)61-41-28-48(3)73-67(61)55-20-10-6-11-21-55)42-43-64(70(69)76-71)53-37-35-51(36-38-53)62-44-45-65(54-18-8-5-9-19-54)74-68(62)56-22-12-7-13-23-56;1-2-4-6-5-3-1;1-3-4-2;2*1-2/h4-16,18-46,72H,1-2,17H2,3H3;1-6H;3-4H,1-2H3;2*1-2H3/b;;4-3-;;. The van der Waals surface area contributed by atoms with Crippen LogP contribution in [0.5, 0.6) is 0 Å². The number of thiazole rings is 1. The maximum atomic E-state index is 5.52. The third kappa shape index (κ3) is 15.7. The van der Waals surface area contributed by atoms with Crippen molar-refractivity contribution in [2.24, 2.45) is 0 Å². The predicted molar refractivity (Wildman–Crippen MR) is 392 cm³/mol. The SMILES string of the molecule is C/C=C\C.C=CCC(=C)Nc1ccccc1-c1cccc(-c2ccc(-c3nc4c(-c5ccc(-c6ccc(C)nc6-c6ccccc6)cc5)ccc(-c5ccc(-c6ccc(-c7ccccc7)nc6-c6ccccc6)cc5)c4s3)cc2)c1.CC.CC.c1ccccc1. The second-order valence-corrected chi connectivity index (χ2v) is 21.8. The monoisotopic (exact) mass is 1190 g/mol. The molecule has 0 atom stereocenters. The average molecular weight is 1190 g/mol. The fraction of sp³-hybridized carbons (Fsp3) is 0.0941. The van der Waals surface area contributed by atoms with Crippen LogP contribution in [0.2, 0.25) is 0 Å². The van der Waals surface area contributed by atoms with E-state index >= 15 is 0 Å². The molecule has 3 heterocycles. The molecule has 0 aliphatic rings. The van der Waals surface area contributed by atoms with Crippen molar-refractivity contribution in [3.8, 4) is 111 Å². The lowest BCUT2D eigenvalue weighted by atomic mass is 9.94. The van der Waals surface area contributed by atoms with Crippen molar-refractivity contribution in [2.75, 3.05) is 5.32 Å². The van der Waals surface area contributed by atoms with Crippen molar-refractivity contribution in [1.82, 2.24) is 15.0 Å². The highest BCUT2D eigenvalue weighted by Crippen LogP contribution is 2.44. The zero-order valence-electron chi connectivity index (χ0n) is 52.7. The van der Waals surface area contributed by atoms with Gasteiger partial charge < -0.3 is 5.32 Å². The third-order valence-electron chi connectivity index (χ3n) is 14.9. The fourth-order valence-electron chi connectivity index (χ4n) is 10.4. The van der Waals surface area contributed by atoms with Crippen LogP contribution in [0.15, 0.2) is 322 Å². The van der Waals surface area contributed by atoms with E-state index in [0.717, 1.165) is 138 Å². The smallest absolute Gasteiger partial charge is 0.124 e. The Bertz CT molecular complexity index is 4390. The van der Waals surface area contributed by atoms with Gasteiger partial charge in [-0.15, -0.1) is 17.9 Å². The van der Waals surface area contributed by atoms with Gasteiger partial charge in [0.15, 0.2) is 0 Å². The van der Waals surface area contributed by atoms with Gasteiger partial charge in [0, 0.05) is 73.6 Å². The molecule has 4 nitrogen and oxygen atoms in total. The second-order valence-electron chi connectivity index (χ2n) is 20.8. The van der Waals surface area contributed by atoms with Crippen LogP contribution in [0.1, 0.15) is 53.7 Å². The maximum absolute atomic E-state index is 5.52. The van der Waals surface area contributed by atoms with E-state index in [2.05, 4.69) is 249 Å². The van der Waals surface area contributed by atoms with Crippen molar-refractivity contribution < 1.29 is 0 Å². The van der Waals surface area contributed by atoms with Gasteiger partial charge in [-0.2, -0.15) is 0 Å². The summed E-state index contributed by atoms with van der Waals surface area (Å²) in [6.45, 7) is 22.1. The summed E-state index contributed by atoms with van der Waals surface area (Å²) in [5.74, 6) is 0. The molecule has 0 spiro atoms. The topological polar surface area (TPSA) is 50.7 Å². The molecule has 13 rings (SSSR count). The number of fused-ring (bicyclic) bond motifs is 1. The molecular formula is C85H78N4S. The summed E-state index contributed by atoms with van der Waals surface area (Å²) in [5.41, 5.74) is 24.5. The van der Waals surface area contributed by atoms with E-state index in [1.54, 1.807) is 11.3 Å². The number of benzene rings is 10. The Morgan fingerprint density at radius 3 is 1.36 bits per heavy atom. The van der Waals surface area contributed by atoms with E-state index in [1.807, 2.05) is 121 Å². The van der Waals surface area contributed by atoms with Crippen LogP contribution in [-0.2, 0) is 0 Å². The van der Waals surface area contributed by atoms with Crippen LogP contribution >= 0.6 is 11.3 Å². The summed E-state index contributed by atoms with van der Waals surface area (Å²) in [7, 11) is 0. The predicted octanol–water partition coefficient (Wildman–Crippen LogP) is 24.9. The lowest BCUT2D eigenvalue weighted by Crippen LogP contribution is -1.98. The van der Waals surface area contributed by atoms with Crippen molar-refractivity contribution in [3.63, 3.8) is 0 Å². The van der Waals surface area contributed by atoms with Crippen LogP contribution in [0.25, 0.3) is 121 Å². The Labute approximate surface area is 538 Å². The number of hydrogen-bond donors (Lipinski definition) is 1. The molecule has 90 heavy (non-hydrogen) atoms. The minimum Gasteiger partial charge on any atom is -0.359 e. The number of pyridine rings is 2.